The van der Waals surface area contributed by atoms with E-state index in [1.54, 1.807) is 7.11 Å². The molecule has 1 aromatic rings. The molecule has 1 saturated carbocycles. The summed E-state index contributed by atoms with van der Waals surface area (Å²) in [6.07, 6.45) is 5.96. The highest BCUT2D eigenvalue weighted by atomic mass is 16.5. The second kappa shape index (κ2) is 4.87. The number of rotatable bonds is 5. The average Bonchev–Trinajstić information content (AvgIpc) is 2.54. The number of imidazole rings is 1. The molecule has 1 aromatic heterocycles. The molecule has 1 N–H and O–H groups in total. The Morgan fingerprint density at radius 3 is 2.94 bits per heavy atom. The van der Waals surface area contributed by atoms with Gasteiger partial charge in [-0.25, -0.2) is 4.98 Å². The molecule has 90 valence electrons. The smallest absolute Gasteiger partial charge is 0.203 e. The highest BCUT2D eigenvalue weighted by Gasteiger charge is 2.20. The summed E-state index contributed by atoms with van der Waals surface area (Å²) in [4.78, 5) is 4.53. The molecule has 0 saturated heterocycles. The molecule has 1 aliphatic rings. The molecule has 16 heavy (non-hydrogen) atoms. The lowest BCUT2D eigenvalue weighted by molar-refractivity contribution is 0.163. The number of hydrogen-bond acceptors (Lipinski definition) is 3. The van der Waals surface area contributed by atoms with Crippen molar-refractivity contribution in [3.8, 4) is 0 Å². The summed E-state index contributed by atoms with van der Waals surface area (Å²) >= 11 is 0. The summed E-state index contributed by atoms with van der Waals surface area (Å²) in [6.45, 7) is 4.90. The van der Waals surface area contributed by atoms with Crippen molar-refractivity contribution in [2.75, 3.05) is 19.0 Å². The Bertz CT molecular complexity index is 344. The minimum atomic E-state index is 0.328. The summed E-state index contributed by atoms with van der Waals surface area (Å²) in [5.41, 5.74) is 1.06. The molecule has 4 nitrogen and oxygen atoms in total. The van der Waals surface area contributed by atoms with Gasteiger partial charge >= 0.3 is 0 Å². The van der Waals surface area contributed by atoms with Gasteiger partial charge in [0.25, 0.3) is 0 Å². The fourth-order valence-electron chi connectivity index (χ4n) is 2.02. The maximum atomic E-state index is 5.19. The molecule has 2 rings (SSSR count). The molecule has 0 aliphatic heterocycles. The first kappa shape index (κ1) is 11.5. The Morgan fingerprint density at radius 2 is 2.38 bits per heavy atom. The standard InChI is InChI=1S/C12H21N3O/c1-9-7-15(10(2)8-16-3)12(13-9)14-11-5-4-6-11/h7,10-11H,4-6,8H2,1-3H3,(H,13,14). The predicted octanol–water partition coefficient (Wildman–Crippen LogP) is 2.36. The van der Waals surface area contributed by atoms with Crippen molar-refractivity contribution in [3.05, 3.63) is 11.9 Å². The van der Waals surface area contributed by atoms with Gasteiger partial charge in [-0.1, -0.05) is 0 Å². The van der Waals surface area contributed by atoms with Gasteiger partial charge in [0.15, 0.2) is 0 Å². The molecule has 1 fully saturated rings. The van der Waals surface area contributed by atoms with Crippen molar-refractivity contribution in [3.63, 3.8) is 0 Å². The molecule has 0 aromatic carbocycles. The Hall–Kier alpha value is -1.03. The highest BCUT2D eigenvalue weighted by molar-refractivity contribution is 5.31. The van der Waals surface area contributed by atoms with E-state index in [1.807, 2.05) is 6.92 Å². The van der Waals surface area contributed by atoms with E-state index in [2.05, 4.69) is 28.0 Å². The number of hydrogen-bond donors (Lipinski definition) is 1. The lowest BCUT2D eigenvalue weighted by Crippen LogP contribution is -2.29. The summed E-state index contributed by atoms with van der Waals surface area (Å²) in [5, 5.41) is 3.50. The fraction of sp³-hybridized carbons (Fsp3) is 0.750. The lowest BCUT2D eigenvalue weighted by Gasteiger charge is -2.28. The number of nitrogens with one attached hydrogen (secondary N) is 1. The first-order valence-electron chi connectivity index (χ1n) is 6.01. The van der Waals surface area contributed by atoms with Crippen molar-refractivity contribution >= 4 is 5.95 Å². The zero-order valence-electron chi connectivity index (χ0n) is 10.4. The van der Waals surface area contributed by atoms with Gasteiger partial charge in [-0.15, -0.1) is 0 Å². The number of ether oxygens (including phenoxy) is 1. The van der Waals surface area contributed by atoms with Gasteiger partial charge in [0.2, 0.25) is 5.95 Å². The Morgan fingerprint density at radius 1 is 1.62 bits per heavy atom. The van der Waals surface area contributed by atoms with Crippen LogP contribution in [0.5, 0.6) is 0 Å². The van der Waals surface area contributed by atoms with E-state index in [0.717, 1.165) is 18.2 Å². The van der Waals surface area contributed by atoms with Crippen LogP contribution in [0.2, 0.25) is 0 Å². The minimum absolute atomic E-state index is 0.328. The van der Waals surface area contributed by atoms with Gasteiger partial charge in [-0.05, 0) is 33.1 Å². The summed E-state index contributed by atoms with van der Waals surface area (Å²) in [7, 11) is 1.74. The van der Waals surface area contributed by atoms with Gasteiger partial charge < -0.3 is 14.6 Å². The summed E-state index contributed by atoms with van der Waals surface area (Å²) < 4.78 is 7.37. The molecular formula is C12H21N3O. The molecule has 1 aliphatic carbocycles. The molecule has 1 atom stereocenters. The number of methoxy groups -OCH3 is 1. The van der Waals surface area contributed by atoms with Crippen LogP contribution in [-0.4, -0.2) is 29.3 Å². The summed E-state index contributed by atoms with van der Waals surface area (Å²) in [5.74, 6) is 0.992. The molecule has 0 amide bonds. The lowest BCUT2D eigenvalue weighted by atomic mass is 9.93. The summed E-state index contributed by atoms with van der Waals surface area (Å²) in [6, 6.07) is 0.948. The zero-order chi connectivity index (χ0) is 11.5. The first-order chi connectivity index (χ1) is 7.70. The quantitative estimate of drug-likeness (QED) is 0.833. The minimum Gasteiger partial charge on any atom is -0.383 e. The monoisotopic (exact) mass is 223 g/mol. The van der Waals surface area contributed by atoms with Crippen molar-refractivity contribution in [2.45, 2.75) is 45.2 Å². The third-order valence-electron chi connectivity index (χ3n) is 3.17. The molecule has 0 spiro atoms. The first-order valence-corrected chi connectivity index (χ1v) is 6.01. The molecule has 1 unspecified atom stereocenters. The van der Waals surface area contributed by atoms with Gasteiger partial charge in [0, 0.05) is 19.3 Å². The van der Waals surface area contributed by atoms with Crippen molar-refractivity contribution in [1.82, 2.24) is 9.55 Å². The van der Waals surface area contributed by atoms with Gasteiger partial charge in [-0.2, -0.15) is 0 Å². The number of aromatic nitrogens is 2. The third-order valence-corrected chi connectivity index (χ3v) is 3.17. The molecule has 0 radical (unpaired) electrons. The maximum Gasteiger partial charge on any atom is 0.203 e. The Labute approximate surface area is 97.0 Å². The van der Waals surface area contributed by atoms with Crippen LogP contribution in [0.4, 0.5) is 5.95 Å². The van der Waals surface area contributed by atoms with Crippen molar-refractivity contribution in [2.24, 2.45) is 0 Å². The van der Waals surface area contributed by atoms with Crippen LogP contribution >= 0.6 is 0 Å². The second-order valence-corrected chi connectivity index (χ2v) is 4.69. The normalized spacial score (nSPS) is 18.2. The van der Waals surface area contributed by atoms with Gasteiger partial charge in [0.1, 0.15) is 0 Å². The maximum absolute atomic E-state index is 5.19. The third kappa shape index (κ3) is 2.38. The number of anilines is 1. The van der Waals surface area contributed by atoms with E-state index in [9.17, 15) is 0 Å². The fourth-order valence-corrected chi connectivity index (χ4v) is 2.02. The molecule has 1 heterocycles. The van der Waals surface area contributed by atoms with Gasteiger partial charge in [0.05, 0.1) is 18.3 Å². The van der Waals surface area contributed by atoms with E-state index in [-0.39, 0.29) is 0 Å². The SMILES string of the molecule is COCC(C)n1cc(C)nc1NC1CCC1. The van der Waals surface area contributed by atoms with Crippen LogP contribution in [0, 0.1) is 6.92 Å². The average molecular weight is 223 g/mol. The number of nitrogens with zero attached hydrogens (tertiary/aromatic N) is 2. The Kier molecular flexibility index (Phi) is 3.49. The van der Waals surface area contributed by atoms with E-state index >= 15 is 0 Å². The second-order valence-electron chi connectivity index (χ2n) is 4.69. The van der Waals surface area contributed by atoms with Crippen LogP contribution in [0.25, 0.3) is 0 Å². The van der Waals surface area contributed by atoms with E-state index < -0.39 is 0 Å². The van der Waals surface area contributed by atoms with Crippen molar-refractivity contribution in [1.29, 1.82) is 0 Å². The van der Waals surface area contributed by atoms with E-state index in [4.69, 9.17) is 4.74 Å². The van der Waals surface area contributed by atoms with E-state index in [1.165, 1.54) is 19.3 Å². The van der Waals surface area contributed by atoms with Crippen LogP contribution in [0.1, 0.15) is 37.9 Å². The van der Waals surface area contributed by atoms with Crippen LogP contribution in [-0.2, 0) is 4.74 Å². The molecule has 0 bridgehead atoms. The zero-order valence-corrected chi connectivity index (χ0v) is 10.4. The molecule has 4 heteroatoms. The predicted molar refractivity (Wildman–Crippen MR) is 64.8 cm³/mol. The topological polar surface area (TPSA) is 39.1 Å². The molecular weight excluding hydrogens is 202 g/mol. The highest BCUT2D eigenvalue weighted by Crippen LogP contribution is 2.24. The van der Waals surface area contributed by atoms with Crippen LogP contribution < -0.4 is 5.32 Å². The van der Waals surface area contributed by atoms with Crippen molar-refractivity contribution < 1.29 is 4.74 Å². The van der Waals surface area contributed by atoms with Crippen LogP contribution in [0.3, 0.4) is 0 Å². The largest absolute Gasteiger partial charge is 0.383 e. The van der Waals surface area contributed by atoms with Crippen LogP contribution in [0.15, 0.2) is 6.20 Å². The van der Waals surface area contributed by atoms with E-state index in [0.29, 0.717) is 12.1 Å². The Balaban J connectivity index is 2.08. The van der Waals surface area contributed by atoms with Gasteiger partial charge in [-0.3, -0.25) is 0 Å². The number of aryl methyl sites for hydroxylation is 1.